The average Bonchev–Trinajstić information content (AvgIpc) is 3.21. The van der Waals surface area contributed by atoms with Crippen LogP contribution in [0.3, 0.4) is 0 Å². The Hall–Kier alpha value is -3.07. The van der Waals surface area contributed by atoms with Crippen LogP contribution in [0.2, 0.25) is 0 Å². The summed E-state index contributed by atoms with van der Waals surface area (Å²) in [4.78, 5) is 31.9. The largest absolute Gasteiger partial charge is 0.356 e. The zero-order valence-corrected chi connectivity index (χ0v) is 19.1. The van der Waals surface area contributed by atoms with E-state index >= 15 is 0 Å². The third-order valence-corrected chi connectivity index (χ3v) is 6.08. The Kier molecular flexibility index (Phi) is 7.17. The molecule has 2 aromatic heterocycles. The van der Waals surface area contributed by atoms with Crippen LogP contribution in [-0.2, 0) is 11.3 Å². The summed E-state index contributed by atoms with van der Waals surface area (Å²) in [5.74, 6) is 0.961. The van der Waals surface area contributed by atoms with E-state index in [0.717, 1.165) is 37.9 Å². The van der Waals surface area contributed by atoms with Gasteiger partial charge in [-0.15, -0.1) is 0 Å². The fraction of sp³-hybridized carbons (Fsp3) is 0.500. The fourth-order valence-electron chi connectivity index (χ4n) is 4.66. The van der Waals surface area contributed by atoms with Gasteiger partial charge in [0.25, 0.3) is 11.3 Å². The maximum absolute atomic E-state index is 13.2. The molecule has 1 aromatic carbocycles. The lowest BCUT2D eigenvalue weighted by atomic mass is 9.92. The molecule has 1 saturated heterocycles. The van der Waals surface area contributed by atoms with Gasteiger partial charge in [0, 0.05) is 38.2 Å². The molecule has 1 N–H and O–H groups in total. The van der Waals surface area contributed by atoms with Crippen LogP contribution in [0.15, 0.2) is 39.9 Å². The van der Waals surface area contributed by atoms with E-state index in [9.17, 15) is 14.0 Å². The van der Waals surface area contributed by atoms with Crippen LogP contribution in [0.25, 0.3) is 22.4 Å². The first kappa shape index (κ1) is 23.1. The molecule has 1 aliphatic rings. The van der Waals surface area contributed by atoms with Gasteiger partial charge < -0.3 is 14.7 Å². The lowest BCUT2D eigenvalue weighted by molar-refractivity contribution is -0.121. The molecule has 2 atom stereocenters. The fourth-order valence-corrected chi connectivity index (χ4v) is 4.66. The first-order valence-electron chi connectivity index (χ1n) is 11.5. The van der Waals surface area contributed by atoms with E-state index in [1.54, 1.807) is 0 Å². The third kappa shape index (κ3) is 5.65. The summed E-state index contributed by atoms with van der Waals surface area (Å²) in [6.07, 6.45) is 3.71. The number of hydrogen-bond acceptors (Lipinski definition) is 6. The Balaban J connectivity index is 1.31. The molecule has 3 heterocycles. The summed E-state index contributed by atoms with van der Waals surface area (Å²) in [7, 11) is 0. The summed E-state index contributed by atoms with van der Waals surface area (Å²) in [5.41, 5.74) is 0.632. The first-order valence-corrected chi connectivity index (χ1v) is 11.5. The third-order valence-electron chi connectivity index (χ3n) is 6.08. The van der Waals surface area contributed by atoms with E-state index in [0.29, 0.717) is 17.8 Å². The molecule has 176 valence electrons. The number of likely N-dealkylation sites (tertiary alicyclic amines) is 1. The van der Waals surface area contributed by atoms with Gasteiger partial charge in [-0.25, -0.2) is 9.37 Å². The molecular formula is C24H30FN5O3. The van der Waals surface area contributed by atoms with Crippen LogP contribution in [-0.4, -0.2) is 51.7 Å². The molecular weight excluding hydrogens is 425 g/mol. The number of aromatic nitrogens is 3. The van der Waals surface area contributed by atoms with Gasteiger partial charge in [0.15, 0.2) is 0 Å². The summed E-state index contributed by atoms with van der Waals surface area (Å²) in [6, 6.07) is 5.65. The van der Waals surface area contributed by atoms with Crippen LogP contribution in [0.4, 0.5) is 4.39 Å². The first-order chi connectivity index (χ1) is 15.9. The lowest BCUT2D eigenvalue weighted by Crippen LogP contribution is -2.40. The average molecular weight is 456 g/mol. The number of hydrogen-bond donors (Lipinski definition) is 1. The van der Waals surface area contributed by atoms with Gasteiger partial charge in [0.2, 0.25) is 5.91 Å². The Morgan fingerprint density at radius 1 is 1.18 bits per heavy atom. The van der Waals surface area contributed by atoms with Gasteiger partial charge in [-0.1, -0.05) is 19.0 Å². The second-order valence-electron chi connectivity index (χ2n) is 9.12. The van der Waals surface area contributed by atoms with E-state index in [1.807, 2.05) is 0 Å². The number of piperidine rings is 1. The van der Waals surface area contributed by atoms with E-state index < -0.39 is 0 Å². The molecule has 4 rings (SSSR count). The molecule has 33 heavy (non-hydrogen) atoms. The van der Waals surface area contributed by atoms with E-state index in [-0.39, 0.29) is 41.3 Å². The minimum absolute atomic E-state index is 0.105. The minimum Gasteiger partial charge on any atom is -0.356 e. The van der Waals surface area contributed by atoms with Crippen molar-refractivity contribution in [3.05, 3.63) is 46.8 Å². The number of benzene rings is 1. The summed E-state index contributed by atoms with van der Waals surface area (Å²) >= 11 is 0. The molecule has 0 radical (unpaired) electrons. The molecule has 2 unspecified atom stereocenters. The van der Waals surface area contributed by atoms with Crippen molar-refractivity contribution >= 4 is 17.0 Å². The quantitative estimate of drug-likeness (QED) is 0.525. The van der Waals surface area contributed by atoms with Crippen molar-refractivity contribution in [2.75, 3.05) is 26.2 Å². The zero-order chi connectivity index (χ0) is 23.4. The number of rotatable bonds is 8. The monoisotopic (exact) mass is 455 g/mol. The van der Waals surface area contributed by atoms with Gasteiger partial charge in [-0.2, -0.15) is 0 Å². The predicted molar refractivity (Wildman–Crippen MR) is 123 cm³/mol. The van der Waals surface area contributed by atoms with Crippen LogP contribution in [0.1, 0.15) is 33.1 Å². The maximum Gasteiger partial charge on any atom is 0.266 e. The Morgan fingerprint density at radius 3 is 2.64 bits per heavy atom. The number of halogens is 1. The van der Waals surface area contributed by atoms with Crippen molar-refractivity contribution in [3.63, 3.8) is 0 Å². The summed E-state index contributed by atoms with van der Waals surface area (Å²) < 4.78 is 19.8. The van der Waals surface area contributed by atoms with Crippen molar-refractivity contribution in [2.24, 2.45) is 11.8 Å². The van der Waals surface area contributed by atoms with Gasteiger partial charge in [0.1, 0.15) is 23.2 Å². The Labute approximate surface area is 191 Å². The second-order valence-corrected chi connectivity index (χ2v) is 9.12. The molecule has 9 heteroatoms. The molecule has 1 aliphatic heterocycles. The number of nitrogens with zero attached hydrogens (tertiary/aromatic N) is 4. The normalized spacial score (nSPS) is 19.1. The maximum atomic E-state index is 13.2. The molecule has 0 spiro atoms. The highest BCUT2D eigenvalue weighted by Crippen LogP contribution is 2.24. The molecule has 0 saturated carbocycles. The van der Waals surface area contributed by atoms with Gasteiger partial charge in [-0.3, -0.25) is 14.2 Å². The number of nitrogens with one attached hydrogen (secondary N) is 1. The highest BCUT2D eigenvalue weighted by molar-refractivity contribution is 5.88. The smallest absolute Gasteiger partial charge is 0.266 e. The van der Waals surface area contributed by atoms with Crippen LogP contribution >= 0.6 is 0 Å². The molecule has 0 aliphatic carbocycles. The van der Waals surface area contributed by atoms with Crippen LogP contribution < -0.4 is 10.9 Å². The minimum atomic E-state index is -0.381. The van der Waals surface area contributed by atoms with Crippen molar-refractivity contribution in [2.45, 2.75) is 39.7 Å². The van der Waals surface area contributed by atoms with E-state index in [1.165, 1.54) is 41.6 Å². The molecule has 8 nitrogen and oxygen atoms in total. The Bertz CT molecular complexity index is 1150. The van der Waals surface area contributed by atoms with Crippen LogP contribution in [0, 0.1) is 17.7 Å². The van der Waals surface area contributed by atoms with Crippen molar-refractivity contribution in [1.82, 2.24) is 24.9 Å². The van der Waals surface area contributed by atoms with Crippen molar-refractivity contribution < 1.29 is 13.7 Å². The van der Waals surface area contributed by atoms with E-state index in [4.69, 9.17) is 4.52 Å². The molecule has 1 amide bonds. The van der Waals surface area contributed by atoms with Gasteiger partial charge >= 0.3 is 0 Å². The number of aryl methyl sites for hydroxylation is 1. The number of carbonyl (C=O) groups excluding carboxylic acids is 1. The Morgan fingerprint density at radius 2 is 1.91 bits per heavy atom. The highest BCUT2D eigenvalue weighted by atomic mass is 19.1. The molecule has 3 aromatic rings. The van der Waals surface area contributed by atoms with E-state index in [2.05, 4.69) is 34.2 Å². The summed E-state index contributed by atoms with van der Waals surface area (Å²) in [6.45, 7) is 8.63. The lowest BCUT2D eigenvalue weighted by Gasteiger charge is -2.34. The second kappa shape index (κ2) is 10.2. The van der Waals surface area contributed by atoms with Crippen molar-refractivity contribution in [3.8, 4) is 11.3 Å². The predicted octanol–water partition coefficient (Wildman–Crippen LogP) is 3.06. The van der Waals surface area contributed by atoms with Gasteiger partial charge in [-0.05, 0) is 55.5 Å². The topological polar surface area (TPSA) is 93.3 Å². The zero-order valence-electron chi connectivity index (χ0n) is 19.1. The molecule has 1 fully saturated rings. The summed E-state index contributed by atoms with van der Waals surface area (Å²) in [5, 5.41) is 7.09. The number of fused-ring (bicyclic) bond motifs is 1. The van der Waals surface area contributed by atoms with Crippen LogP contribution in [0.5, 0.6) is 0 Å². The SMILES string of the molecule is CC1CC(C)CN(CCCNC(=O)CCn2cnc3onc(-c4ccc(F)cc4)c3c2=O)C1. The standard InChI is InChI=1S/C24H30FN5O3/c1-16-12-17(2)14-29(13-16)10-3-9-26-20(31)8-11-30-15-27-23-21(24(30)32)22(28-33-23)18-4-6-19(25)7-5-18/h4-7,15-17H,3,8-14H2,1-2H3,(H,26,31). The van der Waals surface area contributed by atoms with Gasteiger partial charge in [0.05, 0.1) is 0 Å². The number of amides is 1. The highest BCUT2D eigenvalue weighted by Gasteiger charge is 2.21. The van der Waals surface area contributed by atoms with Crippen molar-refractivity contribution in [1.29, 1.82) is 0 Å². The molecule has 0 bridgehead atoms. The number of carbonyl (C=O) groups is 1.